The molecule has 1 saturated heterocycles. The zero-order chi connectivity index (χ0) is 19.3. The number of aromatic nitrogens is 4. The van der Waals surface area contributed by atoms with E-state index in [2.05, 4.69) is 9.88 Å². The lowest BCUT2D eigenvalue weighted by Gasteiger charge is -2.19. The molecule has 3 heterocycles. The van der Waals surface area contributed by atoms with Crippen LogP contribution in [0.15, 0.2) is 33.9 Å². The van der Waals surface area contributed by atoms with Crippen molar-refractivity contribution < 1.29 is 0 Å². The number of hydrogen-bond donors (Lipinski definition) is 1. The third-order valence-corrected chi connectivity index (χ3v) is 5.49. The maximum Gasteiger partial charge on any atom is 0.332 e. The molecular weight excluding hydrogens is 368 g/mol. The van der Waals surface area contributed by atoms with Crippen molar-refractivity contribution in [3.63, 3.8) is 0 Å². The second-order valence-electron chi connectivity index (χ2n) is 6.96. The quantitative estimate of drug-likeness (QED) is 0.712. The van der Waals surface area contributed by atoms with Gasteiger partial charge < -0.3 is 10.6 Å². The average molecular weight is 389 g/mol. The Morgan fingerprint density at radius 3 is 2.63 bits per heavy atom. The van der Waals surface area contributed by atoms with Crippen LogP contribution in [-0.4, -0.2) is 37.8 Å². The van der Waals surface area contributed by atoms with Gasteiger partial charge in [0.2, 0.25) is 5.95 Å². The summed E-state index contributed by atoms with van der Waals surface area (Å²) in [4.78, 5) is 32.0. The van der Waals surface area contributed by atoms with Crippen LogP contribution in [0.5, 0.6) is 0 Å². The highest BCUT2D eigenvalue weighted by Gasteiger charge is 2.27. The summed E-state index contributed by atoms with van der Waals surface area (Å²) in [7, 11) is 3.10. The monoisotopic (exact) mass is 388 g/mol. The van der Waals surface area contributed by atoms with E-state index in [9.17, 15) is 9.59 Å². The summed E-state index contributed by atoms with van der Waals surface area (Å²) < 4.78 is 4.35. The molecule has 1 atom stereocenters. The van der Waals surface area contributed by atoms with Crippen LogP contribution in [0.4, 0.5) is 5.95 Å². The summed E-state index contributed by atoms with van der Waals surface area (Å²) in [5.74, 6) is 0.635. The Labute approximate surface area is 160 Å². The van der Waals surface area contributed by atoms with E-state index in [1.807, 2.05) is 28.8 Å². The summed E-state index contributed by atoms with van der Waals surface area (Å²) in [5.41, 5.74) is 6.92. The molecule has 1 unspecified atom stereocenters. The normalized spacial score (nSPS) is 17.2. The average Bonchev–Trinajstić information content (AvgIpc) is 3.24. The fourth-order valence-corrected chi connectivity index (χ4v) is 3.79. The number of fused-ring (bicyclic) bond motifs is 1. The molecule has 142 valence electrons. The number of nitrogens with two attached hydrogens (primary N) is 1. The van der Waals surface area contributed by atoms with Crippen LogP contribution in [-0.2, 0) is 20.6 Å². The Hall–Kier alpha value is -2.58. The zero-order valence-corrected chi connectivity index (χ0v) is 16.0. The number of benzene rings is 1. The molecule has 2 N–H and O–H groups in total. The van der Waals surface area contributed by atoms with Crippen molar-refractivity contribution in [3.05, 3.63) is 55.7 Å². The van der Waals surface area contributed by atoms with Crippen LogP contribution in [0.25, 0.3) is 11.2 Å². The van der Waals surface area contributed by atoms with Gasteiger partial charge in [-0.25, -0.2) is 4.79 Å². The summed E-state index contributed by atoms with van der Waals surface area (Å²) in [5, 5.41) is 0.616. The molecule has 0 radical (unpaired) electrons. The summed E-state index contributed by atoms with van der Waals surface area (Å²) in [6.07, 6.45) is 0.853. The van der Waals surface area contributed by atoms with Crippen molar-refractivity contribution in [2.24, 2.45) is 19.8 Å². The molecular formula is C18H21ClN6O2. The Kier molecular flexibility index (Phi) is 4.32. The minimum atomic E-state index is -0.403. The molecule has 27 heavy (non-hydrogen) atoms. The Morgan fingerprint density at radius 2 is 1.96 bits per heavy atom. The number of hydrogen-bond acceptors (Lipinski definition) is 5. The lowest BCUT2D eigenvalue weighted by Crippen LogP contribution is -2.37. The van der Waals surface area contributed by atoms with Crippen molar-refractivity contribution in [1.29, 1.82) is 0 Å². The highest BCUT2D eigenvalue weighted by Crippen LogP contribution is 2.26. The van der Waals surface area contributed by atoms with Crippen LogP contribution in [0.2, 0.25) is 5.02 Å². The second-order valence-corrected chi connectivity index (χ2v) is 7.37. The van der Waals surface area contributed by atoms with Crippen molar-refractivity contribution in [2.75, 3.05) is 18.0 Å². The smallest absolute Gasteiger partial charge is 0.332 e. The Balaban J connectivity index is 2.00. The van der Waals surface area contributed by atoms with Crippen LogP contribution in [0.1, 0.15) is 12.0 Å². The van der Waals surface area contributed by atoms with Gasteiger partial charge in [0.15, 0.2) is 11.2 Å². The topological polar surface area (TPSA) is 91.1 Å². The van der Waals surface area contributed by atoms with E-state index in [0.29, 0.717) is 35.2 Å². The van der Waals surface area contributed by atoms with Gasteiger partial charge in [-0.1, -0.05) is 29.8 Å². The number of aryl methyl sites for hydroxylation is 1. The molecule has 8 nitrogen and oxygen atoms in total. The van der Waals surface area contributed by atoms with E-state index >= 15 is 0 Å². The van der Waals surface area contributed by atoms with Gasteiger partial charge in [-0.3, -0.25) is 18.5 Å². The molecule has 0 saturated carbocycles. The fraction of sp³-hybridized carbons (Fsp3) is 0.389. The van der Waals surface area contributed by atoms with Gasteiger partial charge in [-0.2, -0.15) is 4.98 Å². The largest absolute Gasteiger partial charge is 0.341 e. The van der Waals surface area contributed by atoms with E-state index in [0.717, 1.165) is 23.1 Å². The molecule has 2 aromatic heterocycles. The van der Waals surface area contributed by atoms with Crippen molar-refractivity contribution in [1.82, 2.24) is 18.7 Å². The summed E-state index contributed by atoms with van der Waals surface area (Å²) in [6.45, 7) is 1.78. The van der Waals surface area contributed by atoms with Crippen molar-refractivity contribution >= 4 is 28.7 Å². The van der Waals surface area contributed by atoms with Gasteiger partial charge in [0, 0.05) is 38.2 Å². The number of rotatable bonds is 3. The first-order valence-electron chi connectivity index (χ1n) is 8.78. The number of anilines is 1. The maximum absolute atomic E-state index is 12.9. The molecule has 1 aliphatic rings. The van der Waals surface area contributed by atoms with Crippen LogP contribution in [0, 0.1) is 0 Å². The number of halogens is 1. The van der Waals surface area contributed by atoms with Crippen LogP contribution in [0.3, 0.4) is 0 Å². The van der Waals surface area contributed by atoms with Gasteiger partial charge in [0.25, 0.3) is 5.56 Å². The SMILES string of the molecule is Cn1c(=O)c2c(nc(N3CCC(N)C3)n2Cc2ccccc2Cl)n(C)c1=O. The first-order chi connectivity index (χ1) is 12.9. The molecule has 9 heteroatoms. The van der Waals surface area contributed by atoms with E-state index in [1.165, 1.54) is 11.6 Å². The highest BCUT2D eigenvalue weighted by molar-refractivity contribution is 6.31. The molecule has 1 aliphatic heterocycles. The Bertz CT molecular complexity index is 1150. The lowest BCUT2D eigenvalue weighted by atomic mass is 10.2. The molecule has 0 amide bonds. The van der Waals surface area contributed by atoms with Crippen molar-refractivity contribution in [3.8, 4) is 0 Å². The molecule has 4 rings (SSSR count). The predicted molar refractivity (Wildman–Crippen MR) is 106 cm³/mol. The van der Waals surface area contributed by atoms with Crippen LogP contribution < -0.4 is 21.9 Å². The van der Waals surface area contributed by atoms with Gasteiger partial charge in [-0.15, -0.1) is 0 Å². The molecule has 0 spiro atoms. The summed E-state index contributed by atoms with van der Waals surface area (Å²) in [6, 6.07) is 7.56. The molecule has 1 fully saturated rings. The fourth-order valence-electron chi connectivity index (χ4n) is 3.59. The van der Waals surface area contributed by atoms with Gasteiger partial charge in [0.05, 0.1) is 6.54 Å². The minimum absolute atomic E-state index is 0.0604. The van der Waals surface area contributed by atoms with Gasteiger partial charge >= 0.3 is 5.69 Å². The minimum Gasteiger partial charge on any atom is -0.341 e. The maximum atomic E-state index is 12.9. The molecule has 0 bridgehead atoms. The molecule has 0 aliphatic carbocycles. The van der Waals surface area contributed by atoms with E-state index in [1.54, 1.807) is 7.05 Å². The van der Waals surface area contributed by atoms with Crippen molar-refractivity contribution in [2.45, 2.75) is 19.0 Å². The Morgan fingerprint density at radius 1 is 1.22 bits per heavy atom. The van der Waals surface area contributed by atoms with E-state index in [-0.39, 0.29) is 11.6 Å². The first kappa shape index (κ1) is 17.8. The molecule has 1 aromatic carbocycles. The van der Waals surface area contributed by atoms with Crippen LogP contribution >= 0.6 is 11.6 Å². The third-order valence-electron chi connectivity index (χ3n) is 5.12. The second kappa shape index (κ2) is 6.54. The van der Waals surface area contributed by atoms with Gasteiger partial charge in [-0.05, 0) is 18.1 Å². The zero-order valence-electron chi connectivity index (χ0n) is 15.2. The third kappa shape index (κ3) is 2.85. The first-order valence-corrected chi connectivity index (χ1v) is 9.16. The summed E-state index contributed by atoms with van der Waals surface area (Å²) >= 11 is 6.35. The van der Waals surface area contributed by atoms with E-state index < -0.39 is 5.69 Å². The number of nitrogens with zero attached hydrogens (tertiary/aromatic N) is 5. The number of imidazole rings is 1. The van der Waals surface area contributed by atoms with Gasteiger partial charge in [0.1, 0.15) is 0 Å². The van der Waals surface area contributed by atoms with E-state index in [4.69, 9.17) is 17.3 Å². The standard InChI is InChI=1S/C18H21ClN6O2/c1-22-15-14(16(26)23(2)18(22)27)25(9-11-5-3-4-6-13(11)19)17(21-15)24-8-7-12(20)10-24/h3-6,12H,7-10,20H2,1-2H3. The highest BCUT2D eigenvalue weighted by atomic mass is 35.5. The predicted octanol–water partition coefficient (Wildman–Crippen LogP) is 0.673. The lowest BCUT2D eigenvalue weighted by molar-refractivity contribution is 0.701. The molecule has 3 aromatic rings.